The van der Waals surface area contributed by atoms with Crippen LogP contribution in [0.3, 0.4) is 0 Å². The summed E-state index contributed by atoms with van der Waals surface area (Å²) in [7, 11) is 3.07. The van der Waals surface area contributed by atoms with Gasteiger partial charge in [-0.3, -0.25) is 14.2 Å². The van der Waals surface area contributed by atoms with Gasteiger partial charge in [-0.15, -0.1) is 6.58 Å². The fourth-order valence-electron chi connectivity index (χ4n) is 3.60. The number of rotatable bonds is 8. The zero-order chi connectivity index (χ0) is 23.5. The molecule has 9 nitrogen and oxygen atoms in total. The second-order valence-corrected chi connectivity index (χ2v) is 7.22. The summed E-state index contributed by atoms with van der Waals surface area (Å²) >= 11 is 0. The molecule has 0 bridgehead atoms. The molecule has 4 rings (SSSR count). The summed E-state index contributed by atoms with van der Waals surface area (Å²) in [4.78, 5) is 43.6. The number of methoxy groups -OCH3 is 2. The molecule has 0 amide bonds. The van der Waals surface area contributed by atoms with Gasteiger partial charge in [-0.1, -0.05) is 12.1 Å². The van der Waals surface area contributed by atoms with E-state index in [0.29, 0.717) is 22.7 Å². The maximum Gasteiger partial charge on any atom is 0.337 e. The second kappa shape index (κ2) is 8.99. The lowest BCUT2D eigenvalue weighted by Gasteiger charge is -2.12. The standard InChI is InChI=1S/C24H22N4O5/c1-4-12-27-23(30)21-22(28(24(27)31)17-6-5-7-19(13-17)33-3)25-15-26(21)14-20(29)16-8-10-18(32-2)11-9-16/h4-11,13,15H,1,12,14H2,2-3H3. The molecule has 0 spiro atoms. The van der Waals surface area contributed by atoms with Crippen molar-refractivity contribution in [3.05, 3.63) is 93.9 Å². The van der Waals surface area contributed by atoms with Gasteiger partial charge in [0.2, 0.25) is 0 Å². The monoisotopic (exact) mass is 446 g/mol. The molecule has 2 heterocycles. The van der Waals surface area contributed by atoms with E-state index in [-0.39, 0.29) is 30.0 Å². The summed E-state index contributed by atoms with van der Waals surface area (Å²) in [6.07, 6.45) is 2.86. The molecule has 0 fully saturated rings. The molecule has 0 aliphatic rings. The lowest BCUT2D eigenvalue weighted by molar-refractivity contribution is 0.0973. The van der Waals surface area contributed by atoms with Crippen LogP contribution >= 0.6 is 0 Å². The molecule has 0 saturated carbocycles. The Bertz CT molecular complexity index is 1460. The van der Waals surface area contributed by atoms with Crippen molar-refractivity contribution in [1.29, 1.82) is 0 Å². The van der Waals surface area contributed by atoms with Gasteiger partial charge in [-0.05, 0) is 36.4 Å². The van der Waals surface area contributed by atoms with Crippen LogP contribution in [0.25, 0.3) is 16.9 Å². The SMILES string of the molecule is C=CCn1c(=O)c2c(ncn2CC(=O)c2ccc(OC)cc2)n(-c2cccc(OC)c2)c1=O. The zero-order valence-electron chi connectivity index (χ0n) is 18.2. The Morgan fingerprint density at radius 1 is 1.06 bits per heavy atom. The van der Waals surface area contributed by atoms with Crippen LogP contribution < -0.4 is 20.7 Å². The van der Waals surface area contributed by atoms with Gasteiger partial charge in [0.15, 0.2) is 16.9 Å². The summed E-state index contributed by atoms with van der Waals surface area (Å²) in [6.45, 7) is 3.53. The molecule has 2 aromatic carbocycles. The number of imidazole rings is 1. The predicted octanol–water partition coefficient (Wildman–Crippen LogP) is 2.44. The van der Waals surface area contributed by atoms with Crippen LogP contribution in [0.1, 0.15) is 10.4 Å². The van der Waals surface area contributed by atoms with Crippen LogP contribution in [0.4, 0.5) is 0 Å². The first-order valence-electron chi connectivity index (χ1n) is 10.1. The second-order valence-electron chi connectivity index (χ2n) is 7.22. The van der Waals surface area contributed by atoms with Crippen LogP contribution in [0.15, 0.2) is 77.1 Å². The van der Waals surface area contributed by atoms with E-state index in [1.54, 1.807) is 55.6 Å². The maximum absolute atomic E-state index is 13.2. The van der Waals surface area contributed by atoms with Gasteiger partial charge in [0, 0.05) is 18.2 Å². The molecule has 0 atom stereocenters. The summed E-state index contributed by atoms with van der Waals surface area (Å²) in [5.74, 6) is 0.961. The summed E-state index contributed by atoms with van der Waals surface area (Å²) in [5, 5.41) is 0. The topological polar surface area (TPSA) is 97.4 Å². The van der Waals surface area contributed by atoms with Crippen molar-refractivity contribution in [1.82, 2.24) is 18.7 Å². The first kappa shape index (κ1) is 21.8. The Labute approximate surface area is 188 Å². The first-order valence-corrected chi connectivity index (χ1v) is 10.1. The fraction of sp³-hybridized carbons (Fsp3) is 0.167. The molecule has 0 unspecified atom stereocenters. The molecule has 168 valence electrons. The van der Waals surface area contributed by atoms with E-state index in [1.807, 2.05) is 0 Å². The highest BCUT2D eigenvalue weighted by atomic mass is 16.5. The number of carbonyl (C=O) groups is 1. The molecule has 0 N–H and O–H groups in total. The summed E-state index contributed by atoms with van der Waals surface area (Å²) < 4.78 is 14.3. The molecule has 0 aliphatic heterocycles. The number of carbonyl (C=O) groups excluding carboxylic acids is 1. The molecular weight excluding hydrogens is 424 g/mol. The molecule has 2 aromatic heterocycles. The van der Waals surface area contributed by atoms with Crippen LogP contribution in [0.2, 0.25) is 0 Å². The lowest BCUT2D eigenvalue weighted by atomic mass is 10.1. The number of allylic oxidation sites excluding steroid dienone is 1. The van der Waals surface area contributed by atoms with Gasteiger partial charge >= 0.3 is 5.69 Å². The predicted molar refractivity (Wildman–Crippen MR) is 124 cm³/mol. The Kier molecular flexibility index (Phi) is 5.95. The Morgan fingerprint density at radius 3 is 2.45 bits per heavy atom. The quantitative estimate of drug-likeness (QED) is 0.305. The third-order valence-corrected chi connectivity index (χ3v) is 5.25. The molecule has 4 aromatic rings. The highest BCUT2D eigenvalue weighted by Gasteiger charge is 2.20. The minimum Gasteiger partial charge on any atom is -0.497 e. The number of ether oxygens (including phenoxy) is 2. The van der Waals surface area contributed by atoms with Gasteiger partial charge < -0.3 is 14.0 Å². The number of Topliss-reactive ketones (excluding diaryl/α,β-unsaturated/α-hetero) is 1. The highest BCUT2D eigenvalue weighted by Crippen LogP contribution is 2.19. The summed E-state index contributed by atoms with van der Waals surface area (Å²) in [5.41, 5.74) is 0.128. The van der Waals surface area contributed by atoms with Gasteiger partial charge in [-0.2, -0.15) is 0 Å². The van der Waals surface area contributed by atoms with Crippen molar-refractivity contribution in [2.45, 2.75) is 13.1 Å². The molecule has 0 radical (unpaired) electrons. The third-order valence-electron chi connectivity index (χ3n) is 5.25. The van der Waals surface area contributed by atoms with E-state index < -0.39 is 11.2 Å². The largest absolute Gasteiger partial charge is 0.497 e. The normalized spacial score (nSPS) is 10.8. The van der Waals surface area contributed by atoms with E-state index in [0.717, 1.165) is 4.57 Å². The van der Waals surface area contributed by atoms with Gasteiger partial charge in [0.1, 0.15) is 11.5 Å². The van der Waals surface area contributed by atoms with Crippen molar-refractivity contribution in [2.75, 3.05) is 14.2 Å². The highest BCUT2D eigenvalue weighted by molar-refractivity contribution is 5.96. The van der Waals surface area contributed by atoms with Crippen molar-refractivity contribution in [2.24, 2.45) is 0 Å². The molecular formula is C24H22N4O5. The van der Waals surface area contributed by atoms with Crippen molar-refractivity contribution in [3.63, 3.8) is 0 Å². The maximum atomic E-state index is 13.2. The average molecular weight is 446 g/mol. The van der Waals surface area contributed by atoms with Crippen LogP contribution in [-0.2, 0) is 13.1 Å². The number of hydrogen-bond acceptors (Lipinski definition) is 6. The van der Waals surface area contributed by atoms with E-state index in [2.05, 4.69) is 11.6 Å². The number of aromatic nitrogens is 4. The van der Waals surface area contributed by atoms with Crippen molar-refractivity contribution < 1.29 is 14.3 Å². The van der Waals surface area contributed by atoms with Crippen molar-refractivity contribution >= 4 is 16.9 Å². The average Bonchev–Trinajstić information content (AvgIpc) is 3.25. The van der Waals surface area contributed by atoms with Gasteiger partial charge in [0.05, 0.1) is 32.8 Å². The molecule has 0 aliphatic carbocycles. The first-order chi connectivity index (χ1) is 16.0. The van der Waals surface area contributed by atoms with Crippen LogP contribution in [-0.4, -0.2) is 38.7 Å². The minimum absolute atomic E-state index is 0.00911. The summed E-state index contributed by atoms with van der Waals surface area (Å²) in [6, 6.07) is 13.6. The fourth-order valence-corrected chi connectivity index (χ4v) is 3.60. The third kappa shape index (κ3) is 3.96. The molecule has 0 saturated heterocycles. The van der Waals surface area contributed by atoms with Crippen LogP contribution in [0, 0.1) is 0 Å². The smallest absolute Gasteiger partial charge is 0.337 e. The zero-order valence-corrected chi connectivity index (χ0v) is 18.2. The number of fused-ring (bicyclic) bond motifs is 1. The number of benzene rings is 2. The number of hydrogen-bond donors (Lipinski definition) is 0. The lowest BCUT2D eigenvalue weighted by Crippen LogP contribution is -2.40. The van der Waals surface area contributed by atoms with Crippen LogP contribution in [0.5, 0.6) is 11.5 Å². The minimum atomic E-state index is -0.563. The number of nitrogens with zero attached hydrogens (tertiary/aromatic N) is 4. The molecule has 33 heavy (non-hydrogen) atoms. The Morgan fingerprint density at radius 2 is 1.79 bits per heavy atom. The van der Waals surface area contributed by atoms with Crippen molar-refractivity contribution in [3.8, 4) is 17.2 Å². The Hall–Kier alpha value is -4.40. The Balaban J connectivity index is 1.88. The van der Waals surface area contributed by atoms with E-state index in [4.69, 9.17) is 9.47 Å². The van der Waals surface area contributed by atoms with E-state index in [1.165, 1.54) is 28.6 Å². The van der Waals surface area contributed by atoms with E-state index in [9.17, 15) is 14.4 Å². The van der Waals surface area contributed by atoms with Gasteiger partial charge in [-0.25, -0.2) is 14.3 Å². The van der Waals surface area contributed by atoms with E-state index >= 15 is 0 Å². The number of ketones is 1. The molecule has 9 heteroatoms. The van der Waals surface area contributed by atoms with Gasteiger partial charge in [0.25, 0.3) is 5.56 Å².